The van der Waals surface area contributed by atoms with Gasteiger partial charge in [-0.15, -0.1) is 0 Å². The van der Waals surface area contributed by atoms with Crippen molar-refractivity contribution < 1.29 is 9.63 Å². The van der Waals surface area contributed by atoms with E-state index in [1.807, 2.05) is 0 Å². The fourth-order valence-corrected chi connectivity index (χ4v) is 2.63. The maximum absolute atomic E-state index is 11.5. The second-order valence-electron chi connectivity index (χ2n) is 6.89. The number of carbonyl (C=O) groups is 1. The Bertz CT molecular complexity index is 371. The molecule has 0 aliphatic carbocycles. The van der Waals surface area contributed by atoms with Crippen molar-refractivity contribution in [3.05, 3.63) is 24.3 Å². The second-order valence-corrected chi connectivity index (χ2v) is 6.89. The summed E-state index contributed by atoms with van der Waals surface area (Å²) < 4.78 is 0. The molecule has 0 aromatic rings. The number of unbranched alkanes of at least 4 members (excludes halogenated alkanes) is 8. The van der Waals surface area contributed by atoms with Gasteiger partial charge in [0.05, 0.1) is 0 Å². The highest BCUT2D eigenvalue weighted by Crippen LogP contribution is 2.08. The normalized spacial score (nSPS) is 11.6. The molecule has 5 nitrogen and oxygen atoms in total. The standard InChI is InChI=1S/C22H43N3O2/c1-2-3-4-5-6-7-8-9-10-11-12-13-14-15-16-17-22(26)27-25-21-20-24-19-18-23/h6-7,9-10,24-25H,2-5,8,11-21,23H2,1H3/b7-6-,10-9-. The summed E-state index contributed by atoms with van der Waals surface area (Å²) in [5.41, 5.74) is 8.05. The Morgan fingerprint density at radius 2 is 1.52 bits per heavy atom. The van der Waals surface area contributed by atoms with Crippen molar-refractivity contribution in [3.8, 4) is 0 Å². The molecule has 0 bridgehead atoms. The van der Waals surface area contributed by atoms with Crippen molar-refractivity contribution in [2.24, 2.45) is 5.73 Å². The lowest BCUT2D eigenvalue weighted by Crippen LogP contribution is -2.31. The SMILES string of the molecule is CCCCC/C=C\C/C=C\CCCCCCCC(=O)ONCCNCCN. The lowest BCUT2D eigenvalue weighted by Gasteiger charge is -2.06. The van der Waals surface area contributed by atoms with Crippen LogP contribution in [0, 0.1) is 0 Å². The third kappa shape index (κ3) is 22.8. The largest absolute Gasteiger partial charge is 0.371 e. The Morgan fingerprint density at radius 3 is 2.22 bits per heavy atom. The molecule has 0 aromatic carbocycles. The molecule has 5 heteroatoms. The molecule has 0 spiro atoms. The van der Waals surface area contributed by atoms with Crippen LogP contribution in [0.3, 0.4) is 0 Å². The first kappa shape index (κ1) is 25.8. The molecule has 0 amide bonds. The zero-order valence-electron chi connectivity index (χ0n) is 17.5. The van der Waals surface area contributed by atoms with E-state index in [0.717, 1.165) is 38.8 Å². The number of nitrogens with two attached hydrogens (primary N) is 1. The fourth-order valence-electron chi connectivity index (χ4n) is 2.63. The van der Waals surface area contributed by atoms with Crippen LogP contribution in [0.15, 0.2) is 24.3 Å². The second kappa shape index (κ2) is 22.9. The van der Waals surface area contributed by atoms with Crippen LogP contribution in [-0.4, -0.2) is 32.1 Å². The molecule has 0 fully saturated rings. The third-order valence-electron chi connectivity index (χ3n) is 4.24. The van der Waals surface area contributed by atoms with Gasteiger partial charge in [-0.2, -0.15) is 5.48 Å². The number of allylic oxidation sites excluding steroid dienone is 4. The first-order chi connectivity index (χ1) is 13.3. The monoisotopic (exact) mass is 381 g/mol. The van der Waals surface area contributed by atoms with Crippen LogP contribution in [0.5, 0.6) is 0 Å². The van der Waals surface area contributed by atoms with E-state index in [-0.39, 0.29) is 5.97 Å². The molecular formula is C22H43N3O2. The average Bonchev–Trinajstić information content (AvgIpc) is 2.67. The highest BCUT2D eigenvalue weighted by Gasteiger charge is 2.02. The summed E-state index contributed by atoms with van der Waals surface area (Å²) in [7, 11) is 0. The Kier molecular flexibility index (Phi) is 21.9. The molecular weight excluding hydrogens is 338 g/mol. The van der Waals surface area contributed by atoms with Crippen LogP contribution in [-0.2, 0) is 9.63 Å². The topological polar surface area (TPSA) is 76.4 Å². The maximum atomic E-state index is 11.5. The van der Waals surface area contributed by atoms with Crippen LogP contribution in [0.4, 0.5) is 0 Å². The van der Waals surface area contributed by atoms with Crippen molar-refractivity contribution in [1.29, 1.82) is 0 Å². The lowest BCUT2D eigenvalue weighted by atomic mass is 10.1. The van der Waals surface area contributed by atoms with Gasteiger partial charge in [-0.05, 0) is 38.5 Å². The van der Waals surface area contributed by atoms with Crippen molar-refractivity contribution in [2.75, 3.05) is 26.2 Å². The summed E-state index contributed by atoms with van der Waals surface area (Å²) >= 11 is 0. The van der Waals surface area contributed by atoms with E-state index in [2.05, 4.69) is 42.0 Å². The highest BCUT2D eigenvalue weighted by atomic mass is 16.7. The van der Waals surface area contributed by atoms with Crippen LogP contribution >= 0.6 is 0 Å². The summed E-state index contributed by atoms with van der Waals surface area (Å²) in [6.45, 7) is 4.99. The van der Waals surface area contributed by atoms with Gasteiger partial charge in [-0.3, -0.25) is 4.79 Å². The molecule has 0 saturated heterocycles. The predicted octanol–water partition coefficient (Wildman–Crippen LogP) is 4.40. The highest BCUT2D eigenvalue weighted by molar-refractivity contribution is 5.68. The molecule has 0 saturated carbocycles. The van der Waals surface area contributed by atoms with Crippen molar-refractivity contribution in [1.82, 2.24) is 10.8 Å². The molecule has 0 aliphatic rings. The summed E-state index contributed by atoms with van der Waals surface area (Å²) in [4.78, 5) is 16.5. The van der Waals surface area contributed by atoms with Gasteiger partial charge >= 0.3 is 5.97 Å². The van der Waals surface area contributed by atoms with E-state index >= 15 is 0 Å². The predicted molar refractivity (Wildman–Crippen MR) is 115 cm³/mol. The lowest BCUT2D eigenvalue weighted by molar-refractivity contribution is -0.151. The zero-order valence-corrected chi connectivity index (χ0v) is 17.5. The Balaban J connectivity index is 3.25. The van der Waals surface area contributed by atoms with Gasteiger partial charge in [0, 0.05) is 32.6 Å². The number of hydrogen-bond acceptors (Lipinski definition) is 5. The van der Waals surface area contributed by atoms with E-state index in [9.17, 15) is 4.79 Å². The quantitative estimate of drug-likeness (QED) is 0.166. The Hall–Kier alpha value is -1.17. The van der Waals surface area contributed by atoms with Gasteiger partial charge in [0.1, 0.15) is 0 Å². The van der Waals surface area contributed by atoms with E-state index in [0.29, 0.717) is 19.5 Å². The first-order valence-corrected chi connectivity index (χ1v) is 10.9. The summed E-state index contributed by atoms with van der Waals surface area (Å²) in [6.07, 6.45) is 22.7. The molecule has 0 atom stereocenters. The van der Waals surface area contributed by atoms with Gasteiger partial charge in [0.15, 0.2) is 0 Å². The van der Waals surface area contributed by atoms with Crippen LogP contribution in [0.1, 0.15) is 84.0 Å². The Labute approximate surface area is 167 Å². The number of nitrogens with one attached hydrogen (secondary N) is 2. The Morgan fingerprint density at radius 1 is 0.852 bits per heavy atom. The molecule has 27 heavy (non-hydrogen) atoms. The molecule has 158 valence electrons. The summed E-state index contributed by atoms with van der Waals surface area (Å²) in [5.74, 6) is -0.167. The van der Waals surface area contributed by atoms with Crippen molar-refractivity contribution >= 4 is 5.97 Å². The van der Waals surface area contributed by atoms with Gasteiger partial charge in [-0.25, -0.2) is 0 Å². The maximum Gasteiger partial charge on any atom is 0.324 e. The molecule has 0 aromatic heterocycles. The van der Waals surface area contributed by atoms with E-state index in [1.165, 1.54) is 44.9 Å². The van der Waals surface area contributed by atoms with Crippen LogP contribution in [0.2, 0.25) is 0 Å². The number of hydroxylamine groups is 1. The van der Waals surface area contributed by atoms with Gasteiger partial charge in [0.2, 0.25) is 0 Å². The molecule has 4 N–H and O–H groups in total. The molecule has 0 radical (unpaired) electrons. The third-order valence-corrected chi connectivity index (χ3v) is 4.24. The minimum atomic E-state index is -0.167. The average molecular weight is 382 g/mol. The molecule has 0 heterocycles. The first-order valence-electron chi connectivity index (χ1n) is 10.9. The van der Waals surface area contributed by atoms with Gasteiger partial charge in [-0.1, -0.05) is 63.3 Å². The summed E-state index contributed by atoms with van der Waals surface area (Å²) in [5, 5.41) is 3.12. The van der Waals surface area contributed by atoms with E-state index in [4.69, 9.17) is 10.6 Å². The van der Waals surface area contributed by atoms with E-state index < -0.39 is 0 Å². The van der Waals surface area contributed by atoms with E-state index in [1.54, 1.807) is 0 Å². The fraction of sp³-hybridized carbons (Fsp3) is 0.773. The van der Waals surface area contributed by atoms with Gasteiger partial charge in [0.25, 0.3) is 0 Å². The minimum absolute atomic E-state index is 0.167. The van der Waals surface area contributed by atoms with Crippen LogP contribution in [0.25, 0.3) is 0 Å². The van der Waals surface area contributed by atoms with Crippen LogP contribution < -0.4 is 16.5 Å². The van der Waals surface area contributed by atoms with Crippen molar-refractivity contribution in [3.63, 3.8) is 0 Å². The smallest absolute Gasteiger partial charge is 0.324 e. The zero-order chi connectivity index (χ0) is 19.8. The molecule has 0 aliphatic heterocycles. The molecule has 0 rings (SSSR count). The number of hydrogen-bond donors (Lipinski definition) is 3. The summed E-state index contributed by atoms with van der Waals surface area (Å²) in [6, 6.07) is 0. The van der Waals surface area contributed by atoms with Gasteiger partial charge < -0.3 is 15.9 Å². The van der Waals surface area contributed by atoms with Crippen molar-refractivity contribution in [2.45, 2.75) is 84.0 Å². The minimum Gasteiger partial charge on any atom is -0.371 e. The number of rotatable bonds is 20. The molecule has 0 unspecified atom stereocenters. The number of carbonyl (C=O) groups excluding carboxylic acids is 1.